The van der Waals surface area contributed by atoms with E-state index in [4.69, 9.17) is 0 Å². The molecule has 0 saturated heterocycles. The maximum absolute atomic E-state index is 9.24. The Labute approximate surface area is 133 Å². The zero-order valence-corrected chi connectivity index (χ0v) is 12.7. The van der Waals surface area contributed by atoms with Gasteiger partial charge in [-0.05, 0) is 31.4 Å². The number of nitriles is 1. The molecule has 6 heteroatoms. The molecule has 0 aliphatic heterocycles. The predicted octanol–water partition coefficient (Wildman–Crippen LogP) is 3.23. The first kappa shape index (κ1) is 13.6. The summed E-state index contributed by atoms with van der Waals surface area (Å²) >= 11 is 0. The van der Waals surface area contributed by atoms with E-state index in [-0.39, 0.29) is 0 Å². The number of aromatic nitrogens is 3. The van der Waals surface area contributed by atoms with E-state index in [1.165, 1.54) is 12.8 Å². The van der Waals surface area contributed by atoms with Gasteiger partial charge in [0, 0.05) is 17.8 Å². The van der Waals surface area contributed by atoms with Crippen molar-refractivity contribution in [2.24, 2.45) is 0 Å². The molecule has 2 aromatic heterocycles. The summed E-state index contributed by atoms with van der Waals surface area (Å²) in [4.78, 5) is 4.32. The number of benzene rings is 1. The molecule has 3 aromatic rings. The summed E-state index contributed by atoms with van der Waals surface area (Å²) in [6.07, 6.45) is 3.89. The second-order valence-corrected chi connectivity index (χ2v) is 5.79. The highest BCUT2D eigenvalue weighted by molar-refractivity contribution is 5.74. The van der Waals surface area contributed by atoms with Gasteiger partial charge in [-0.15, -0.1) is 5.10 Å². The van der Waals surface area contributed by atoms with Gasteiger partial charge in [0.25, 0.3) is 0 Å². The van der Waals surface area contributed by atoms with Crippen molar-refractivity contribution in [1.29, 1.82) is 5.26 Å². The lowest BCUT2D eigenvalue weighted by Gasteiger charge is -2.12. The van der Waals surface area contributed by atoms with Crippen LogP contribution < -0.4 is 10.6 Å². The summed E-state index contributed by atoms with van der Waals surface area (Å²) in [5.74, 6) is 0.685. The topological polar surface area (TPSA) is 78.0 Å². The number of imidazole rings is 1. The van der Waals surface area contributed by atoms with Crippen molar-refractivity contribution in [2.45, 2.75) is 25.8 Å². The summed E-state index contributed by atoms with van der Waals surface area (Å²) in [7, 11) is 0. The number of nitrogens with one attached hydrogen (secondary N) is 2. The van der Waals surface area contributed by atoms with Gasteiger partial charge in [0.15, 0.2) is 17.2 Å². The molecule has 1 saturated carbocycles. The molecule has 114 valence electrons. The van der Waals surface area contributed by atoms with Crippen LogP contribution in [-0.2, 0) is 0 Å². The molecule has 4 rings (SSSR count). The van der Waals surface area contributed by atoms with Gasteiger partial charge < -0.3 is 10.6 Å². The van der Waals surface area contributed by atoms with E-state index < -0.39 is 0 Å². The molecule has 6 nitrogen and oxygen atoms in total. The summed E-state index contributed by atoms with van der Waals surface area (Å²) in [5.41, 5.74) is 4.14. The number of aryl methyl sites for hydroxylation is 1. The lowest BCUT2D eigenvalue weighted by atomic mass is 10.2. The molecule has 23 heavy (non-hydrogen) atoms. The second-order valence-electron chi connectivity index (χ2n) is 5.79. The number of hydrogen-bond acceptors (Lipinski definition) is 5. The Bertz CT molecular complexity index is 916. The van der Waals surface area contributed by atoms with Gasteiger partial charge in [0.05, 0.1) is 11.9 Å². The van der Waals surface area contributed by atoms with E-state index in [2.05, 4.69) is 26.8 Å². The van der Waals surface area contributed by atoms with Gasteiger partial charge in [0.2, 0.25) is 0 Å². The fourth-order valence-corrected chi connectivity index (χ4v) is 2.51. The van der Waals surface area contributed by atoms with Crippen molar-refractivity contribution in [2.75, 3.05) is 10.6 Å². The second kappa shape index (κ2) is 5.29. The van der Waals surface area contributed by atoms with Gasteiger partial charge in [-0.1, -0.05) is 18.2 Å². The number of anilines is 3. The third-order valence-electron chi connectivity index (χ3n) is 3.93. The lowest BCUT2D eigenvalue weighted by molar-refractivity contribution is 0.924. The number of hydrogen-bond donors (Lipinski definition) is 2. The van der Waals surface area contributed by atoms with Crippen LogP contribution in [0.5, 0.6) is 0 Å². The summed E-state index contributed by atoms with van der Waals surface area (Å²) in [5, 5.41) is 20.5. The van der Waals surface area contributed by atoms with Crippen LogP contribution in [0.1, 0.15) is 24.1 Å². The fraction of sp³-hybridized carbons (Fsp3) is 0.235. The average Bonchev–Trinajstić information content (AvgIpc) is 3.26. The zero-order chi connectivity index (χ0) is 15.8. The maximum atomic E-state index is 9.24. The van der Waals surface area contributed by atoms with Crippen LogP contribution in [0.25, 0.3) is 5.65 Å². The van der Waals surface area contributed by atoms with Gasteiger partial charge in [0.1, 0.15) is 6.07 Å². The molecule has 1 aliphatic rings. The number of nitrogens with zero attached hydrogens (tertiary/aromatic N) is 4. The summed E-state index contributed by atoms with van der Waals surface area (Å²) in [6, 6.07) is 12.6. The van der Waals surface area contributed by atoms with Crippen LogP contribution in [0.2, 0.25) is 0 Å². The quantitative estimate of drug-likeness (QED) is 0.773. The van der Waals surface area contributed by atoms with Crippen molar-refractivity contribution in [1.82, 2.24) is 14.6 Å². The summed E-state index contributed by atoms with van der Waals surface area (Å²) in [6.45, 7) is 2.04. The Morgan fingerprint density at radius 2 is 2.09 bits per heavy atom. The number of rotatable bonds is 4. The Morgan fingerprint density at radius 3 is 2.83 bits per heavy atom. The van der Waals surface area contributed by atoms with Crippen LogP contribution in [0, 0.1) is 18.3 Å². The third-order valence-corrected chi connectivity index (χ3v) is 3.93. The smallest absolute Gasteiger partial charge is 0.178 e. The standard InChI is InChI=1S/C17H16N6/c1-11-4-2-3-5-14(11)21-16-8-15(20-12-6-7-12)17-19-10-13(9-18)23(17)22-16/h2-5,8,10,12,20H,6-7H2,1H3,(H,21,22). The molecule has 0 amide bonds. The van der Waals surface area contributed by atoms with Gasteiger partial charge in [-0.25, -0.2) is 4.98 Å². The molecular weight excluding hydrogens is 288 g/mol. The van der Waals surface area contributed by atoms with Gasteiger partial charge >= 0.3 is 0 Å². The van der Waals surface area contributed by atoms with Crippen molar-refractivity contribution in [3.8, 4) is 6.07 Å². The normalized spacial score (nSPS) is 13.7. The van der Waals surface area contributed by atoms with Crippen LogP contribution >= 0.6 is 0 Å². The third kappa shape index (κ3) is 2.57. The first-order chi connectivity index (χ1) is 11.2. The molecule has 0 radical (unpaired) electrons. The lowest BCUT2D eigenvalue weighted by Crippen LogP contribution is -2.08. The zero-order valence-electron chi connectivity index (χ0n) is 12.7. The van der Waals surface area contributed by atoms with E-state index in [0.717, 1.165) is 16.9 Å². The molecule has 0 spiro atoms. The van der Waals surface area contributed by atoms with Crippen molar-refractivity contribution in [3.05, 3.63) is 47.8 Å². The monoisotopic (exact) mass is 304 g/mol. The first-order valence-corrected chi connectivity index (χ1v) is 7.62. The average molecular weight is 304 g/mol. The minimum Gasteiger partial charge on any atom is -0.379 e. The van der Waals surface area contributed by atoms with Gasteiger partial charge in [-0.2, -0.15) is 9.78 Å². The summed E-state index contributed by atoms with van der Waals surface area (Å²) < 4.78 is 1.59. The van der Waals surface area contributed by atoms with Crippen molar-refractivity contribution >= 4 is 22.8 Å². The van der Waals surface area contributed by atoms with Crippen LogP contribution in [-0.4, -0.2) is 20.6 Å². The van der Waals surface area contributed by atoms with Crippen molar-refractivity contribution < 1.29 is 0 Å². The molecule has 1 aliphatic carbocycles. The molecule has 2 N–H and O–H groups in total. The van der Waals surface area contributed by atoms with E-state index in [1.807, 2.05) is 37.3 Å². The molecule has 1 aromatic carbocycles. The largest absolute Gasteiger partial charge is 0.379 e. The van der Waals surface area contributed by atoms with Crippen molar-refractivity contribution in [3.63, 3.8) is 0 Å². The van der Waals surface area contributed by atoms with E-state index in [0.29, 0.717) is 23.2 Å². The van der Waals surface area contributed by atoms with Crippen LogP contribution in [0.15, 0.2) is 36.5 Å². The Hall–Kier alpha value is -3.07. The molecule has 0 bridgehead atoms. The SMILES string of the molecule is Cc1ccccc1Nc1cc(NC2CC2)c2ncc(C#N)n2n1. The molecule has 2 heterocycles. The number of fused-ring (bicyclic) bond motifs is 1. The van der Waals surface area contributed by atoms with E-state index in [1.54, 1.807) is 10.7 Å². The highest BCUT2D eigenvalue weighted by atomic mass is 15.3. The minimum atomic E-state index is 0.423. The van der Waals surface area contributed by atoms with E-state index in [9.17, 15) is 5.26 Å². The Balaban J connectivity index is 1.79. The maximum Gasteiger partial charge on any atom is 0.178 e. The first-order valence-electron chi connectivity index (χ1n) is 7.62. The molecular formula is C17H16N6. The fourth-order valence-electron chi connectivity index (χ4n) is 2.51. The van der Waals surface area contributed by atoms with E-state index >= 15 is 0 Å². The minimum absolute atomic E-state index is 0.423. The predicted molar refractivity (Wildman–Crippen MR) is 88.8 cm³/mol. The van der Waals surface area contributed by atoms with Gasteiger partial charge in [-0.3, -0.25) is 0 Å². The number of para-hydroxylation sites is 1. The van der Waals surface area contributed by atoms with Crippen LogP contribution in [0.3, 0.4) is 0 Å². The molecule has 0 atom stereocenters. The molecule has 1 fully saturated rings. The molecule has 0 unspecified atom stereocenters. The highest BCUT2D eigenvalue weighted by Crippen LogP contribution is 2.29. The van der Waals surface area contributed by atoms with Crippen LogP contribution in [0.4, 0.5) is 17.2 Å². The Kier molecular flexibility index (Phi) is 3.12. The highest BCUT2D eigenvalue weighted by Gasteiger charge is 2.23. The Morgan fingerprint density at radius 1 is 1.26 bits per heavy atom.